The highest BCUT2D eigenvalue weighted by molar-refractivity contribution is 8.19. The van der Waals surface area contributed by atoms with Gasteiger partial charge in [0.15, 0.2) is 0 Å². The van der Waals surface area contributed by atoms with E-state index in [9.17, 15) is 10.2 Å². The van der Waals surface area contributed by atoms with Gasteiger partial charge in [-0.2, -0.15) is 0 Å². The van der Waals surface area contributed by atoms with Crippen molar-refractivity contribution in [1.29, 1.82) is 0 Å². The van der Waals surface area contributed by atoms with Gasteiger partial charge in [-0.25, -0.2) is 0 Å². The number of aliphatic hydroxyl groups excluding tert-OH is 2. The van der Waals surface area contributed by atoms with Crippen LogP contribution in [0.3, 0.4) is 0 Å². The predicted octanol–water partition coefficient (Wildman–Crippen LogP) is 10.8. The lowest BCUT2D eigenvalue weighted by Gasteiger charge is -2.48. The molecule has 0 saturated carbocycles. The zero-order valence-electron chi connectivity index (χ0n) is 41.5. The molecule has 4 aromatic rings. The fourth-order valence-corrected chi connectivity index (χ4v) is 21.6. The van der Waals surface area contributed by atoms with E-state index in [4.69, 9.17) is 28.1 Å². The summed E-state index contributed by atoms with van der Waals surface area (Å²) < 4.78 is 37.9. The summed E-state index contributed by atoms with van der Waals surface area (Å²) in [7, 11) is 2.49. The molecule has 0 aliphatic carbocycles. The van der Waals surface area contributed by atoms with E-state index < -0.39 is 20.5 Å². The lowest BCUT2D eigenvalue weighted by Crippen LogP contribution is -2.67. The monoisotopic (exact) mass is 1020 g/mol. The molecule has 0 radical (unpaired) electrons. The molecule has 6 atom stereocenters. The Labute approximate surface area is 426 Å². The maximum Gasteiger partial charge on any atom is 0.261 e. The second-order valence-corrected chi connectivity index (χ2v) is 29.8. The first-order valence-electron chi connectivity index (χ1n) is 24.5. The molecule has 2 fully saturated rings. The first kappa shape index (κ1) is 55.3. The molecular formula is C55H78O8S4Si. The van der Waals surface area contributed by atoms with Crippen molar-refractivity contribution in [2.75, 3.05) is 57.6 Å². The highest BCUT2D eigenvalue weighted by Gasteiger charge is 2.52. The van der Waals surface area contributed by atoms with Gasteiger partial charge >= 0.3 is 0 Å². The third-order valence-corrected chi connectivity index (χ3v) is 25.9. The third kappa shape index (κ3) is 14.8. The van der Waals surface area contributed by atoms with Crippen molar-refractivity contribution < 1.29 is 38.3 Å². The van der Waals surface area contributed by atoms with Gasteiger partial charge in [-0.3, -0.25) is 0 Å². The number of aliphatic hydroxyl groups is 2. The summed E-state index contributed by atoms with van der Waals surface area (Å²) in [6.45, 7) is 10.7. The highest BCUT2D eigenvalue weighted by Crippen LogP contribution is 2.56. The molecule has 13 heteroatoms. The second kappa shape index (κ2) is 27.2. The average Bonchev–Trinajstić information content (AvgIpc) is 3.36. The molecule has 0 bridgehead atoms. The topological polar surface area (TPSA) is 95.8 Å². The van der Waals surface area contributed by atoms with Gasteiger partial charge in [-0.15, -0.1) is 47.0 Å². The number of benzene rings is 4. The maximum absolute atomic E-state index is 12.0. The summed E-state index contributed by atoms with van der Waals surface area (Å²) in [5.41, 5.74) is 2.15. The third-order valence-electron chi connectivity index (χ3n) is 13.6. The van der Waals surface area contributed by atoms with E-state index in [1.54, 1.807) is 14.2 Å². The smallest absolute Gasteiger partial charge is 0.261 e. The molecular weight excluding hydrogens is 945 g/mol. The van der Waals surface area contributed by atoms with Crippen LogP contribution in [0.4, 0.5) is 0 Å². The van der Waals surface area contributed by atoms with E-state index in [-0.39, 0.29) is 44.0 Å². The van der Waals surface area contributed by atoms with Gasteiger partial charge in [-0.1, -0.05) is 131 Å². The number of rotatable bonds is 27. The van der Waals surface area contributed by atoms with E-state index in [1.165, 1.54) is 10.4 Å². The minimum absolute atomic E-state index is 0.0732. The summed E-state index contributed by atoms with van der Waals surface area (Å²) in [4.78, 5) is 0. The molecule has 0 unspecified atom stereocenters. The first-order valence-corrected chi connectivity index (χ1v) is 30.3. The number of methoxy groups -OCH3 is 3. The van der Waals surface area contributed by atoms with E-state index in [0.29, 0.717) is 39.1 Å². The van der Waals surface area contributed by atoms with Crippen molar-refractivity contribution in [2.45, 2.75) is 130 Å². The van der Waals surface area contributed by atoms with Crippen molar-refractivity contribution in [3.63, 3.8) is 0 Å². The quantitative estimate of drug-likeness (QED) is 0.0440. The summed E-state index contributed by atoms with van der Waals surface area (Å²) in [6, 6.07) is 39.4. The number of ether oxygens (including phenoxy) is 5. The van der Waals surface area contributed by atoms with E-state index in [0.717, 1.165) is 65.6 Å². The Morgan fingerprint density at radius 3 is 1.72 bits per heavy atom. The molecule has 6 rings (SSSR count). The molecule has 0 aromatic heterocycles. The molecule has 374 valence electrons. The Morgan fingerprint density at radius 2 is 1.19 bits per heavy atom. The van der Waals surface area contributed by atoms with Gasteiger partial charge in [0.05, 0.1) is 65.6 Å². The van der Waals surface area contributed by atoms with Crippen molar-refractivity contribution in [1.82, 2.24) is 0 Å². The van der Waals surface area contributed by atoms with Crippen molar-refractivity contribution in [3.8, 4) is 5.75 Å². The van der Waals surface area contributed by atoms with Crippen LogP contribution in [-0.4, -0.2) is 115 Å². The normalized spacial score (nSPS) is 19.1. The Bertz CT molecular complexity index is 1960. The highest BCUT2D eigenvalue weighted by atomic mass is 32.2. The van der Waals surface area contributed by atoms with Crippen LogP contribution in [0.2, 0.25) is 5.04 Å². The molecule has 68 heavy (non-hydrogen) atoms. The summed E-state index contributed by atoms with van der Waals surface area (Å²) in [5.74, 6) is 5.28. The predicted molar refractivity (Wildman–Crippen MR) is 292 cm³/mol. The number of hydrogen-bond acceptors (Lipinski definition) is 12. The van der Waals surface area contributed by atoms with Crippen LogP contribution in [0.25, 0.3) is 0 Å². The van der Waals surface area contributed by atoms with Gasteiger partial charge < -0.3 is 38.3 Å². The standard InChI is InChI=1S/C55H78O8S4Si/c1-42(54(64-31-17-32-65-54)38-51(62-40-43-19-11-8-12-20-43)50(57)29-30-61-39-44-25-27-46(58-5)28-26-44)35-52(60-7)55(66-33-18-34-67-55)37-47(59-6)36-45(56)41-63-68(53(2,3)4,48-21-13-9-14-22-48)49-23-15-10-16-24-49/h8-16,19-28,42,45,47,50-52,56-57H,17-18,29-41H2,1-7H3/t42-,45-,47-,50-,51-,52+/m0/s1. The van der Waals surface area contributed by atoms with E-state index in [1.807, 2.05) is 96.6 Å². The van der Waals surface area contributed by atoms with Crippen molar-refractivity contribution in [2.24, 2.45) is 5.92 Å². The zero-order chi connectivity index (χ0) is 48.5. The largest absolute Gasteiger partial charge is 0.497 e. The lowest BCUT2D eigenvalue weighted by molar-refractivity contribution is -0.0650. The lowest BCUT2D eigenvalue weighted by atomic mass is 9.90. The maximum atomic E-state index is 12.0. The van der Waals surface area contributed by atoms with Crippen LogP contribution < -0.4 is 15.1 Å². The van der Waals surface area contributed by atoms with Crippen LogP contribution >= 0.6 is 47.0 Å². The van der Waals surface area contributed by atoms with Gasteiger partial charge in [0.1, 0.15) is 5.75 Å². The Hall–Kier alpha value is -1.98. The van der Waals surface area contributed by atoms with Crippen LogP contribution in [0.15, 0.2) is 115 Å². The Balaban J connectivity index is 1.16. The van der Waals surface area contributed by atoms with Crippen molar-refractivity contribution in [3.05, 3.63) is 126 Å². The molecule has 2 aliphatic heterocycles. The minimum atomic E-state index is -2.83. The molecule has 4 aromatic carbocycles. The van der Waals surface area contributed by atoms with Gasteiger partial charge in [0, 0.05) is 33.7 Å². The van der Waals surface area contributed by atoms with Crippen LogP contribution in [0.1, 0.15) is 83.8 Å². The number of hydrogen-bond donors (Lipinski definition) is 2. The molecule has 0 spiro atoms. The number of thioether (sulfide) groups is 4. The van der Waals surface area contributed by atoms with Crippen LogP contribution in [0, 0.1) is 5.92 Å². The van der Waals surface area contributed by atoms with Gasteiger partial charge in [-0.05, 0) is 99.7 Å². The summed E-state index contributed by atoms with van der Waals surface area (Å²) >= 11 is 8.09. The van der Waals surface area contributed by atoms with Gasteiger partial charge in [0.2, 0.25) is 0 Å². The minimum Gasteiger partial charge on any atom is -0.497 e. The SMILES string of the molecule is COc1ccc(COCC[C@H](O)[C@H](CC2([C@@H](C)C[C@@H](OC)C3(C[C@H](C[C@H](O)CO[Si](c4ccccc4)(c4ccccc4)C(C)(C)C)OC)SCCCS3)SCCCS2)OCc2ccccc2)cc1. The summed E-state index contributed by atoms with van der Waals surface area (Å²) in [5, 5.41) is 26.1. The molecule has 2 N–H and O–H groups in total. The summed E-state index contributed by atoms with van der Waals surface area (Å²) in [6.07, 6.45) is 3.44. The Kier molecular flexibility index (Phi) is 22.1. The van der Waals surface area contributed by atoms with E-state index >= 15 is 0 Å². The van der Waals surface area contributed by atoms with Crippen LogP contribution in [-0.2, 0) is 36.6 Å². The fourth-order valence-electron chi connectivity index (χ4n) is 9.78. The Morgan fingerprint density at radius 1 is 0.647 bits per heavy atom. The molecule has 2 heterocycles. The zero-order valence-corrected chi connectivity index (χ0v) is 45.8. The van der Waals surface area contributed by atoms with Crippen LogP contribution in [0.5, 0.6) is 5.75 Å². The molecule has 0 amide bonds. The fraction of sp³-hybridized carbons (Fsp3) is 0.564. The van der Waals surface area contributed by atoms with E-state index in [2.05, 4.69) is 100 Å². The second-order valence-electron chi connectivity index (χ2n) is 19.3. The molecule has 2 saturated heterocycles. The molecule has 2 aliphatic rings. The van der Waals surface area contributed by atoms with Gasteiger partial charge in [0.25, 0.3) is 8.32 Å². The van der Waals surface area contributed by atoms with Crippen molar-refractivity contribution >= 4 is 65.7 Å². The first-order chi connectivity index (χ1) is 32.9. The average molecular weight is 1020 g/mol. The molecule has 8 nitrogen and oxygen atoms in total.